The highest BCUT2D eigenvalue weighted by atomic mass is 15.3. The van der Waals surface area contributed by atoms with Crippen molar-refractivity contribution in [1.82, 2.24) is 14.9 Å². The van der Waals surface area contributed by atoms with Crippen molar-refractivity contribution in [3.05, 3.63) is 12.4 Å². The molecule has 1 fully saturated rings. The number of nitrogens with one attached hydrogen (secondary N) is 1. The molecule has 2 rings (SSSR count). The molecule has 1 atom stereocenters. The maximum Gasteiger partial charge on any atom is 0.149 e. The van der Waals surface area contributed by atoms with Crippen molar-refractivity contribution >= 4 is 11.6 Å². The van der Waals surface area contributed by atoms with Crippen molar-refractivity contribution < 1.29 is 0 Å². The van der Waals surface area contributed by atoms with E-state index in [2.05, 4.69) is 46.1 Å². The molecule has 0 amide bonds. The molecule has 1 saturated heterocycles. The zero-order chi connectivity index (χ0) is 13.7. The Morgan fingerprint density at radius 1 is 1.47 bits per heavy atom. The predicted molar refractivity (Wildman–Crippen MR) is 79.7 cm³/mol. The van der Waals surface area contributed by atoms with E-state index >= 15 is 0 Å². The van der Waals surface area contributed by atoms with E-state index < -0.39 is 0 Å². The number of hydrogen-bond donors (Lipinski definition) is 1. The summed E-state index contributed by atoms with van der Waals surface area (Å²) in [6.07, 6.45) is 7.22. The summed E-state index contributed by atoms with van der Waals surface area (Å²) in [5.74, 6) is 1.83. The summed E-state index contributed by atoms with van der Waals surface area (Å²) in [6, 6.07) is 0.537. The molecule has 1 aromatic rings. The number of hydrogen-bond acceptors (Lipinski definition) is 5. The van der Waals surface area contributed by atoms with Gasteiger partial charge in [0.2, 0.25) is 0 Å². The minimum atomic E-state index is 0.537. The summed E-state index contributed by atoms with van der Waals surface area (Å²) in [5, 5.41) is 3.29. The van der Waals surface area contributed by atoms with E-state index in [0.717, 1.165) is 31.1 Å². The first-order chi connectivity index (χ1) is 9.20. The number of rotatable bonds is 5. The lowest BCUT2D eigenvalue weighted by Gasteiger charge is -2.36. The van der Waals surface area contributed by atoms with Gasteiger partial charge in [-0.25, -0.2) is 4.98 Å². The van der Waals surface area contributed by atoms with Gasteiger partial charge in [-0.1, -0.05) is 6.92 Å². The van der Waals surface area contributed by atoms with Gasteiger partial charge >= 0.3 is 0 Å². The first-order valence-electron chi connectivity index (χ1n) is 7.18. The maximum atomic E-state index is 4.64. The topological polar surface area (TPSA) is 44.3 Å². The SMILES string of the molecule is CCCNc1cncc(N(C)C2CCCN(C)C2)n1. The summed E-state index contributed by atoms with van der Waals surface area (Å²) >= 11 is 0. The van der Waals surface area contributed by atoms with Gasteiger partial charge in [0, 0.05) is 26.2 Å². The Kier molecular flexibility index (Phi) is 4.96. The van der Waals surface area contributed by atoms with Crippen LogP contribution in [-0.4, -0.2) is 54.6 Å². The van der Waals surface area contributed by atoms with Gasteiger partial charge in [-0.15, -0.1) is 0 Å². The summed E-state index contributed by atoms with van der Waals surface area (Å²) in [4.78, 5) is 13.6. The number of likely N-dealkylation sites (tertiary alicyclic amines) is 1. The third-order valence-electron chi connectivity index (χ3n) is 3.69. The van der Waals surface area contributed by atoms with Gasteiger partial charge in [-0.3, -0.25) is 4.98 Å². The summed E-state index contributed by atoms with van der Waals surface area (Å²) < 4.78 is 0. The summed E-state index contributed by atoms with van der Waals surface area (Å²) in [6.45, 7) is 5.39. The van der Waals surface area contributed by atoms with Gasteiger partial charge in [-0.05, 0) is 32.9 Å². The molecule has 19 heavy (non-hydrogen) atoms. The Hall–Kier alpha value is -1.36. The van der Waals surface area contributed by atoms with Crippen LogP contribution in [0.3, 0.4) is 0 Å². The van der Waals surface area contributed by atoms with Crippen LogP contribution in [0.1, 0.15) is 26.2 Å². The second kappa shape index (κ2) is 6.70. The fourth-order valence-corrected chi connectivity index (χ4v) is 2.51. The standard InChI is InChI=1S/C14H25N5/c1-4-7-16-13-9-15-10-14(17-13)19(3)12-6-5-8-18(2)11-12/h9-10,12H,4-8,11H2,1-3H3,(H,16,17). The highest BCUT2D eigenvalue weighted by Gasteiger charge is 2.22. The average molecular weight is 263 g/mol. The average Bonchev–Trinajstić information content (AvgIpc) is 2.44. The second-order valence-electron chi connectivity index (χ2n) is 5.36. The molecule has 5 nitrogen and oxygen atoms in total. The van der Waals surface area contributed by atoms with Crippen LogP contribution in [0.4, 0.5) is 11.6 Å². The molecule has 1 N–H and O–H groups in total. The Morgan fingerprint density at radius 2 is 2.32 bits per heavy atom. The minimum Gasteiger partial charge on any atom is -0.369 e. The molecule has 0 aliphatic carbocycles. The number of nitrogens with zero attached hydrogens (tertiary/aromatic N) is 4. The minimum absolute atomic E-state index is 0.537. The van der Waals surface area contributed by atoms with Crippen LogP contribution in [0, 0.1) is 0 Å². The van der Waals surface area contributed by atoms with E-state index in [-0.39, 0.29) is 0 Å². The molecule has 1 aromatic heterocycles. The number of piperidine rings is 1. The third kappa shape index (κ3) is 3.80. The highest BCUT2D eigenvalue weighted by molar-refractivity contribution is 5.44. The van der Waals surface area contributed by atoms with Gasteiger partial charge in [0.05, 0.1) is 12.4 Å². The molecule has 1 aliphatic rings. The molecular weight excluding hydrogens is 238 g/mol. The lowest BCUT2D eigenvalue weighted by Crippen LogP contribution is -2.45. The predicted octanol–water partition coefficient (Wildman–Crippen LogP) is 1.83. The molecule has 2 heterocycles. The Bertz CT molecular complexity index is 395. The smallest absolute Gasteiger partial charge is 0.149 e. The second-order valence-corrected chi connectivity index (χ2v) is 5.36. The zero-order valence-corrected chi connectivity index (χ0v) is 12.3. The lowest BCUT2D eigenvalue weighted by atomic mass is 10.1. The molecule has 106 valence electrons. The molecule has 0 radical (unpaired) electrons. The Balaban J connectivity index is 2.03. The van der Waals surface area contributed by atoms with E-state index in [4.69, 9.17) is 0 Å². The normalized spacial score (nSPS) is 20.3. The van der Waals surface area contributed by atoms with E-state index in [1.165, 1.54) is 19.4 Å². The van der Waals surface area contributed by atoms with E-state index in [1.54, 1.807) is 6.20 Å². The first-order valence-corrected chi connectivity index (χ1v) is 7.18. The highest BCUT2D eigenvalue weighted by Crippen LogP contribution is 2.19. The van der Waals surface area contributed by atoms with E-state index in [9.17, 15) is 0 Å². The molecule has 5 heteroatoms. The van der Waals surface area contributed by atoms with Crippen molar-refractivity contribution in [3.8, 4) is 0 Å². The van der Waals surface area contributed by atoms with Crippen LogP contribution < -0.4 is 10.2 Å². The molecule has 1 aliphatic heterocycles. The molecule has 0 spiro atoms. The summed E-state index contributed by atoms with van der Waals surface area (Å²) in [5.41, 5.74) is 0. The maximum absolute atomic E-state index is 4.64. The number of aromatic nitrogens is 2. The fourth-order valence-electron chi connectivity index (χ4n) is 2.51. The van der Waals surface area contributed by atoms with Crippen LogP contribution in [0.25, 0.3) is 0 Å². The monoisotopic (exact) mass is 263 g/mol. The van der Waals surface area contributed by atoms with Gasteiger partial charge in [0.25, 0.3) is 0 Å². The largest absolute Gasteiger partial charge is 0.369 e. The number of likely N-dealkylation sites (N-methyl/N-ethyl adjacent to an activating group) is 2. The summed E-state index contributed by atoms with van der Waals surface area (Å²) in [7, 11) is 4.31. The van der Waals surface area contributed by atoms with E-state index in [1.807, 2.05) is 6.20 Å². The molecule has 1 unspecified atom stereocenters. The van der Waals surface area contributed by atoms with Crippen LogP contribution >= 0.6 is 0 Å². The van der Waals surface area contributed by atoms with Crippen molar-refractivity contribution in [3.63, 3.8) is 0 Å². The number of anilines is 2. The lowest BCUT2D eigenvalue weighted by molar-refractivity contribution is 0.247. The van der Waals surface area contributed by atoms with Crippen LogP contribution in [0.2, 0.25) is 0 Å². The Labute approximate surface area is 116 Å². The van der Waals surface area contributed by atoms with Crippen LogP contribution in [0.5, 0.6) is 0 Å². The van der Waals surface area contributed by atoms with Gasteiger partial charge < -0.3 is 15.1 Å². The third-order valence-corrected chi connectivity index (χ3v) is 3.69. The Morgan fingerprint density at radius 3 is 3.05 bits per heavy atom. The van der Waals surface area contributed by atoms with Gasteiger partial charge in [0.1, 0.15) is 11.6 Å². The first kappa shape index (κ1) is 14.1. The molecular formula is C14H25N5. The van der Waals surface area contributed by atoms with Gasteiger partial charge in [-0.2, -0.15) is 0 Å². The fraction of sp³-hybridized carbons (Fsp3) is 0.714. The van der Waals surface area contributed by atoms with Crippen LogP contribution in [0.15, 0.2) is 12.4 Å². The van der Waals surface area contributed by atoms with Crippen LogP contribution in [-0.2, 0) is 0 Å². The molecule has 0 aromatic carbocycles. The molecule has 0 saturated carbocycles. The van der Waals surface area contributed by atoms with Crippen molar-refractivity contribution in [2.45, 2.75) is 32.2 Å². The van der Waals surface area contributed by atoms with E-state index in [0.29, 0.717) is 6.04 Å². The van der Waals surface area contributed by atoms with Gasteiger partial charge in [0.15, 0.2) is 0 Å². The molecule has 0 bridgehead atoms. The zero-order valence-electron chi connectivity index (χ0n) is 12.3. The van der Waals surface area contributed by atoms with Crippen molar-refractivity contribution in [2.24, 2.45) is 0 Å². The van der Waals surface area contributed by atoms with Crippen molar-refractivity contribution in [2.75, 3.05) is 43.9 Å². The van der Waals surface area contributed by atoms with Crippen molar-refractivity contribution in [1.29, 1.82) is 0 Å². The quantitative estimate of drug-likeness (QED) is 0.878.